The summed E-state index contributed by atoms with van der Waals surface area (Å²) in [6.07, 6.45) is 2.33. The van der Waals surface area contributed by atoms with Crippen LogP contribution >= 0.6 is 0 Å². The summed E-state index contributed by atoms with van der Waals surface area (Å²) in [5, 5.41) is 4.45. The third-order valence-electron chi connectivity index (χ3n) is 4.11. The number of nitrogens with two attached hydrogens (primary N) is 1. The molecule has 2 aromatic rings. The average molecular weight is 305 g/mol. The zero-order valence-corrected chi connectivity index (χ0v) is 12.8. The lowest BCUT2D eigenvalue weighted by atomic mass is 10.00. The van der Waals surface area contributed by atoms with Crippen molar-refractivity contribution in [1.82, 2.24) is 9.78 Å². The molecule has 0 spiro atoms. The smallest absolute Gasteiger partial charge is 0.152 e. The van der Waals surface area contributed by atoms with Crippen molar-refractivity contribution in [2.45, 2.75) is 25.4 Å². The fraction of sp³-hybridized carbons (Fsp3) is 0.400. The Labute approximate surface area is 124 Å². The maximum Gasteiger partial charge on any atom is 0.152 e. The van der Waals surface area contributed by atoms with E-state index in [-0.39, 0.29) is 11.5 Å². The van der Waals surface area contributed by atoms with Gasteiger partial charge in [0.15, 0.2) is 9.84 Å². The summed E-state index contributed by atoms with van der Waals surface area (Å²) < 4.78 is 25.6. The maximum absolute atomic E-state index is 11.9. The van der Waals surface area contributed by atoms with E-state index in [1.807, 2.05) is 41.9 Å². The van der Waals surface area contributed by atoms with Gasteiger partial charge in [0.2, 0.25) is 0 Å². The van der Waals surface area contributed by atoms with E-state index >= 15 is 0 Å². The van der Waals surface area contributed by atoms with Crippen molar-refractivity contribution in [3.8, 4) is 11.3 Å². The van der Waals surface area contributed by atoms with E-state index in [9.17, 15) is 8.42 Å². The number of hydrogen-bond acceptors (Lipinski definition) is 4. The second-order valence-electron chi connectivity index (χ2n) is 5.84. The molecule has 0 aliphatic carbocycles. The molecule has 0 bridgehead atoms. The first-order valence-corrected chi connectivity index (χ1v) is 8.81. The lowest BCUT2D eigenvalue weighted by Crippen LogP contribution is -2.33. The van der Waals surface area contributed by atoms with Gasteiger partial charge in [0.25, 0.3) is 0 Å². The molecule has 5 nitrogen and oxygen atoms in total. The largest absolute Gasteiger partial charge is 0.326 e. The molecule has 3 rings (SSSR count). The Morgan fingerprint density at radius 2 is 2.05 bits per heavy atom. The molecule has 1 aliphatic heterocycles. The summed E-state index contributed by atoms with van der Waals surface area (Å²) in [4.78, 5) is 0. The molecule has 1 saturated heterocycles. The first-order valence-electron chi connectivity index (χ1n) is 6.98. The third-order valence-corrected chi connectivity index (χ3v) is 5.99. The zero-order valence-electron chi connectivity index (χ0n) is 12.0. The number of benzene rings is 1. The van der Waals surface area contributed by atoms with E-state index in [0.29, 0.717) is 13.0 Å². The van der Waals surface area contributed by atoms with Crippen molar-refractivity contribution in [3.05, 3.63) is 42.1 Å². The van der Waals surface area contributed by atoms with Crippen molar-refractivity contribution in [3.63, 3.8) is 0 Å². The van der Waals surface area contributed by atoms with Gasteiger partial charge in [0.05, 0.1) is 28.9 Å². The summed E-state index contributed by atoms with van der Waals surface area (Å²) >= 11 is 0. The highest BCUT2D eigenvalue weighted by Gasteiger charge is 2.42. The second kappa shape index (κ2) is 4.96. The SMILES string of the molecule is CC1(n2ncc(CN)c2-c2ccccc2)CCS(=O)(=O)C1. The Morgan fingerprint density at radius 3 is 2.62 bits per heavy atom. The molecule has 21 heavy (non-hydrogen) atoms. The van der Waals surface area contributed by atoms with Crippen molar-refractivity contribution in [2.24, 2.45) is 5.73 Å². The number of sulfone groups is 1. The molecule has 2 N–H and O–H groups in total. The van der Waals surface area contributed by atoms with Gasteiger partial charge in [-0.1, -0.05) is 30.3 Å². The number of rotatable bonds is 3. The monoisotopic (exact) mass is 305 g/mol. The summed E-state index contributed by atoms with van der Waals surface area (Å²) in [5.74, 6) is 0.348. The topological polar surface area (TPSA) is 78.0 Å². The summed E-state index contributed by atoms with van der Waals surface area (Å²) in [5.41, 5.74) is 8.20. The third kappa shape index (κ3) is 2.49. The van der Waals surface area contributed by atoms with Gasteiger partial charge in [-0.05, 0) is 13.3 Å². The average Bonchev–Trinajstić information content (AvgIpc) is 3.01. The predicted octanol–water partition coefficient (Wildman–Crippen LogP) is 1.54. The molecule has 0 radical (unpaired) electrons. The molecule has 6 heteroatoms. The minimum absolute atomic E-state index is 0.130. The van der Waals surface area contributed by atoms with Crippen molar-refractivity contribution < 1.29 is 8.42 Å². The molecular formula is C15H19N3O2S. The van der Waals surface area contributed by atoms with Gasteiger partial charge in [0.1, 0.15) is 0 Å². The highest BCUT2D eigenvalue weighted by molar-refractivity contribution is 7.91. The highest BCUT2D eigenvalue weighted by atomic mass is 32.2. The van der Waals surface area contributed by atoms with E-state index < -0.39 is 15.4 Å². The first-order chi connectivity index (χ1) is 9.95. The van der Waals surface area contributed by atoms with Gasteiger partial charge in [-0.25, -0.2) is 8.42 Å². The predicted molar refractivity (Wildman–Crippen MR) is 82.5 cm³/mol. The van der Waals surface area contributed by atoms with Crippen molar-refractivity contribution in [2.75, 3.05) is 11.5 Å². The van der Waals surface area contributed by atoms with Gasteiger partial charge >= 0.3 is 0 Å². The van der Waals surface area contributed by atoms with Crippen LogP contribution in [0.2, 0.25) is 0 Å². The molecular weight excluding hydrogens is 286 g/mol. The van der Waals surface area contributed by atoms with E-state index in [2.05, 4.69) is 5.10 Å². The van der Waals surface area contributed by atoms with Crippen LogP contribution in [-0.2, 0) is 21.9 Å². The molecule has 1 aromatic heterocycles. The summed E-state index contributed by atoms with van der Waals surface area (Å²) in [7, 11) is -2.99. The minimum Gasteiger partial charge on any atom is -0.326 e. The Balaban J connectivity index is 2.15. The molecule has 2 heterocycles. The Hall–Kier alpha value is -1.66. The van der Waals surface area contributed by atoms with Gasteiger partial charge < -0.3 is 5.73 Å². The molecule has 1 aliphatic rings. The van der Waals surface area contributed by atoms with Crippen LogP contribution in [0.3, 0.4) is 0 Å². The quantitative estimate of drug-likeness (QED) is 0.933. The Morgan fingerprint density at radius 1 is 1.33 bits per heavy atom. The van der Waals surface area contributed by atoms with Gasteiger partial charge in [-0.2, -0.15) is 5.10 Å². The van der Waals surface area contributed by atoms with E-state index in [1.54, 1.807) is 6.20 Å². The van der Waals surface area contributed by atoms with Crippen LogP contribution in [0.25, 0.3) is 11.3 Å². The molecule has 112 valence electrons. The van der Waals surface area contributed by atoms with Crippen LogP contribution < -0.4 is 5.73 Å². The lowest BCUT2D eigenvalue weighted by molar-refractivity contribution is 0.332. The first kappa shape index (κ1) is 14.3. The summed E-state index contributed by atoms with van der Waals surface area (Å²) in [6.45, 7) is 2.34. The van der Waals surface area contributed by atoms with Crippen LogP contribution in [0, 0.1) is 0 Å². The molecule has 1 fully saturated rings. The Bertz CT molecular complexity index is 752. The standard InChI is InChI=1S/C15H19N3O2S/c1-15(7-8-21(19,20)11-15)18-14(13(9-16)10-17-18)12-5-3-2-4-6-12/h2-6,10H,7-9,11,16H2,1H3. The summed E-state index contributed by atoms with van der Waals surface area (Å²) in [6, 6.07) is 9.87. The molecule has 0 saturated carbocycles. The Kier molecular flexibility index (Phi) is 3.37. The van der Waals surface area contributed by atoms with Crippen LogP contribution in [0.1, 0.15) is 18.9 Å². The molecule has 1 aromatic carbocycles. The van der Waals surface area contributed by atoms with Crippen molar-refractivity contribution >= 4 is 9.84 Å². The maximum atomic E-state index is 11.9. The van der Waals surface area contributed by atoms with E-state index in [0.717, 1.165) is 16.8 Å². The number of hydrogen-bond donors (Lipinski definition) is 1. The lowest BCUT2D eigenvalue weighted by Gasteiger charge is -2.26. The highest BCUT2D eigenvalue weighted by Crippen LogP contribution is 2.35. The fourth-order valence-corrected chi connectivity index (χ4v) is 5.11. The molecule has 1 unspecified atom stereocenters. The zero-order chi connectivity index (χ0) is 15.1. The van der Waals surface area contributed by atoms with Crippen LogP contribution in [-0.4, -0.2) is 29.7 Å². The molecule has 0 amide bonds. The molecule has 1 atom stereocenters. The van der Waals surface area contributed by atoms with Gasteiger partial charge in [-0.3, -0.25) is 4.68 Å². The van der Waals surface area contributed by atoms with Gasteiger partial charge in [-0.15, -0.1) is 0 Å². The van der Waals surface area contributed by atoms with Crippen LogP contribution in [0.5, 0.6) is 0 Å². The number of nitrogens with zero attached hydrogens (tertiary/aromatic N) is 2. The van der Waals surface area contributed by atoms with Gasteiger partial charge in [0, 0.05) is 17.7 Å². The second-order valence-corrected chi connectivity index (χ2v) is 8.02. The van der Waals surface area contributed by atoms with E-state index in [1.165, 1.54) is 0 Å². The minimum atomic E-state index is -2.99. The fourth-order valence-electron chi connectivity index (χ4n) is 3.01. The van der Waals surface area contributed by atoms with Crippen LogP contribution in [0.15, 0.2) is 36.5 Å². The van der Waals surface area contributed by atoms with E-state index in [4.69, 9.17) is 5.73 Å². The van der Waals surface area contributed by atoms with Crippen LogP contribution in [0.4, 0.5) is 0 Å². The normalized spacial score (nSPS) is 24.3. The van der Waals surface area contributed by atoms with Crippen molar-refractivity contribution in [1.29, 1.82) is 0 Å². The number of aromatic nitrogens is 2.